The fraction of sp³-hybridized carbons (Fsp3) is 0.0556. The number of hydrogen-bond acceptors (Lipinski definition) is 3. The molecule has 110 valence electrons. The molecule has 0 atom stereocenters. The predicted molar refractivity (Wildman–Crippen MR) is 91.7 cm³/mol. The smallest absolute Gasteiger partial charge is 0.253 e. The fourth-order valence-electron chi connectivity index (χ4n) is 2.14. The molecule has 3 aromatic rings. The van der Waals surface area contributed by atoms with Crippen LogP contribution < -0.4 is 10.6 Å². The number of rotatable bonds is 5. The van der Waals surface area contributed by atoms with Gasteiger partial charge in [-0.3, -0.25) is 4.79 Å². The SMILES string of the molecule is O=C(NCc1cccs1)c1ccccc1Nc1ccccc1. The van der Waals surface area contributed by atoms with Crippen molar-refractivity contribution in [2.45, 2.75) is 6.54 Å². The number of hydrogen-bond donors (Lipinski definition) is 2. The lowest BCUT2D eigenvalue weighted by atomic mass is 10.1. The monoisotopic (exact) mass is 308 g/mol. The highest BCUT2D eigenvalue weighted by Crippen LogP contribution is 2.20. The molecule has 0 fully saturated rings. The summed E-state index contributed by atoms with van der Waals surface area (Å²) in [5.41, 5.74) is 2.40. The summed E-state index contributed by atoms with van der Waals surface area (Å²) in [6.07, 6.45) is 0. The summed E-state index contributed by atoms with van der Waals surface area (Å²) in [5.74, 6) is -0.0765. The third kappa shape index (κ3) is 3.54. The summed E-state index contributed by atoms with van der Waals surface area (Å²) in [6.45, 7) is 0.552. The first kappa shape index (κ1) is 14.4. The van der Waals surface area contributed by atoms with E-state index in [0.29, 0.717) is 12.1 Å². The Morgan fingerprint density at radius 2 is 1.68 bits per heavy atom. The van der Waals surface area contributed by atoms with E-state index < -0.39 is 0 Å². The molecule has 0 saturated carbocycles. The van der Waals surface area contributed by atoms with Crippen LogP contribution >= 0.6 is 11.3 Å². The molecule has 4 heteroatoms. The predicted octanol–water partition coefficient (Wildman–Crippen LogP) is 4.42. The van der Waals surface area contributed by atoms with Gasteiger partial charge in [0.1, 0.15) is 0 Å². The molecule has 0 aliphatic carbocycles. The van der Waals surface area contributed by atoms with Gasteiger partial charge in [0.25, 0.3) is 5.91 Å². The molecule has 1 amide bonds. The molecule has 1 aromatic heterocycles. The summed E-state index contributed by atoms with van der Waals surface area (Å²) in [7, 11) is 0. The van der Waals surface area contributed by atoms with Crippen LogP contribution in [0, 0.1) is 0 Å². The number of benzene rings is 2. The maximum Gasteiger partial charge on any atom is 0.253 e. The van der Waals surface area contributed by atoms with Gasteiger partial charge in [-0.2, -0.15) is 0 Å². The molecule has 2 aromatic carbocycles. The minimum atomic E-state index is -0.0765. The first-order valence-electron chi connectivity index (χ1n) is 7.04. The number of amides is 1. The van der Waals surface area contributed by atoms with E-state index in [1.807, 2.05) is 72.1 Å². The second-order valence-electron chi connectivity index (χ2n) is 4.80. The third-order valence-electron chi connectivity index (χ3n) is 3.23. The van der Waals surface area contributed by atoms with Gasteiger partial charge in [0.05, 0.1) is 17.8 Å². The second-order valence-corrected chi connectivity index (χ2v) is 5.83. The minimum Gasteiger partial charge on any atom is -0.355 e. The Kier molecular flexibility index (Phi) is 4.51. The molecular formula is C18H16N2OS. The molecule has 0 bridgehead atoms. The quantitative estimate of drug-likeness (QED) is 0.732. The number of nitrogens with one attached hydrogen (secondary N) is 2. The second kappa shape index (κ2) is 6.91. The molecule has 0 radical (unpaired) electrons. The topological polar surface area (TPSA) is 41.1 Å². The first-order chi connectivity index (χ1) is 10.8. The summed E-state index contributed by atoms with van der Waals surface area (Å²) in [4.78, 5) is 13.5. The van der Waals surface area contributed by atoms with Gasteiger partial charge in [0.2, 0.25) is 0 Å². The van der Waals surface area contributed by atoms with Gasteiger partial charge in [-0.25, -0.2) is 0 Å². The molecule has 0 spiro atoms. The zero-order chi connectivity index (χ0) is 15.2. The van der Waals surface area contributed by atoms with Gasteiger partial charge in [0, 0.05) is 10.6 Å². The minimum absolute atomic E-state index is 0.0765. The van der Waals surface area contributed by atoms with Gasteiger partial charge in [-0.1, -0.05) is 36.4 Å². The molecule has 0 unspecified atom stereocenters. The average Bonchev–Trinajstić information content (AvgIpc) is 3.08. The lowest BCUT2D eigenvalue weighted by Crippen LogP contribution is -2.23. The highest BCUT2D eigenvalue weighted by molar-refractivity contribution is 7.09. The molecule has 0 saturated heterocycles. The Labute approximate surface area is 133 Å². The van der Waals surface area contributed by atoms with E-state index in [-0.39, 0.29) is 5.91 Å². The lowest BCUT2D eigenvalue weighted by Gasteiger charge is -2.12. The van der Waals surface area contributed by atoms with Gasteiger partial charge in [-0.15, -0.1) is 11.3 Å². The normalized spacial score (nSPS) is 10.2. The molecule has 3 rings (SSSR count). The van der Waals surface area contributed by atoms with Crippen molar-refractivity contribution in [1.82, 2.24) is 5.32 Å². The van der Waals surface area contributed by atoms with Crippen LogP contribution in [0.2, 0.25) is 0 Å². The van der Waals surface area contributed by atoms with Crippen LogP contribution in [0.15, 0.2) is 72.1 Å². The lowest BCUT2D eigenvalue weighted by molar-refractivity contribution is 0.0952. The van der Waals surface area contributed by atoms with Crippen molar-refractivity contribution < 1.29 is 4.79 Å². The van der Waals surface area contributed by atoms with E-state index in [2.05, 4.69) is 10.6 Å². The number of thiophene rings is 1. The number of para-hydroxylation sites is 2. The van der Waals surface area contributed by atoms with Gasteiger partial charge in [0.15, 0.2) is 0 Å². The van der Waals surface area contributed by atoms with Crippen molar-refractivity contribution in [3.05, 3.63) is 82.6 Å². The van der Waals surface area contributed by atoms with E-state index in [0.717, 1.165) is 16.3 Å². The summed E-state index contributed by atoms with van der Waals surface area (Å²) < 4.78 is 0. The Bertz CT molecular complexity index is 739. The van der Waals surface area contributed by atoms with Crippen LogP contribution in [0.5, 0.6) is 0 Å². The standard InChI is InChI=1S/C18H16N2OS/c21-18(19-13-15-9-6-12-22-15)16-10-4-5-11-17(16)20-14-7-2-1-3-8-14/h1-12,20H,13H2,(H,19,21). The van der Waals surface area contributed by atoms with Crippen LogP contribution in [0.3, 0.4) is 0 Å². The molecule has 1 heterocycles. The van der Waals surface area contributed by atoms with Gasteiger partial charge < -0.3 is 10.6 Å². The van der Waals surface area contributed by atoms with Crippen molar-refractivity contribution >= 4 is 28.6 Å². The van der Waals surface area contributed by atoms with Crippen molar-refractivity contribution in [3.63, 3.8) is 0 Å². The Balaban J connectivity index is 1.74. The van der Waals surface area contributed by atoms with E-state index in [9.17, 15) is 4.79 Å². The molecule has 22 heavy (non-hydrogen) atoms. The fourth-order valence-corrected chi connectivity index (χ4v) is 2.79. The highest BCUT2D eigenvalue weighted by atomic mass is 32.1. The number of anilines is 2. The molecule has 3 nitrogen and oxygen atoms in total. The van der Waals surface area contributed by atoms with Crippen LogP contribution in [-0.2, 0) is 6.54 Å². The zero-order valence-electron chi connectivity index (χ0n) is 12.0. The van der Waals surface area contributed by atoms with Crippen molar-refractivity contribution in [1.29, 1.82) is 0 Å². The number of carbonyl (C=O) groups is 1. The maximum absolute atomic E-state index is 12.4. The van der Waals surface area contributed by atoms with Gasteiger partial charge >= 0.3 is 0 Å². The molecule has 2 N–H and O–H groups in total. The highest BCUT2D eigenvalue weighted by Gasteiger charge is 2.10. The molecular weight excluding hydrogens is 292 g/mol. The molecule has 0 aliphatic rings. The van der Waals surface area contributed by atoms with Crippen LogP contribution in [0.4, 0.5) is 11.4 Å². The van der Waals surface area contributed by atoms with Crippen LogP contribution in [0.1, 0.15) is 15.2 Å². The molecule has 0 aliphatic heterocycles. The zero-order valence-corrected chi connectivity index (χ0v) is 12.8. The maximum atomic E-state index is 12.4. The Hall–Kier alpha value is -2.59. The number of carbonyl (C=O) groups excluding carboxylic acids is 1. The van der Waals surface area contributed by atoms with Gasteiger partial charge in [-0.05, 0) is 35.7 Å². The van der Waals surface area contributed by atoms with E-state index in [1.165, 1.54) is 0 Å². The van der Waals surface area contributed by atoms with Crippen molar-refractivity contribution in [2.24, 2.45) is 0 Å². The van der Waals surface area contributed by atoms with Crippen LogP contribution in [0.25, 0.3) is 0 Å². The largest absolute Gasteiger partial charge is 0.355 e. The third-order valence-corrected chi connectivity index (χ3v) is 4.10. The summed E-state index contributed by atoms with van der Waals surface area (Å²) >= 11 is 1.64. The average molecular weight is 308 g/mol. The van der Waals surface area contributed by atoms with E-state index in [1.54, 1.807) is 11.3 Å². The first-order valence-corrected chi connectivity index (χ1v) is 7.92. The van der Waals surface area contributed by atoms with E-state index in [4.69, 9.17) is 0 Å². The Morgan fingerprint density at radius 1 is 0.909 bits per heavy atom. The van der Waals surface area contributed by atoms with Crippen LogP contribution in [-0.4, -0.2) is 5.91 Å². The van der Waals surface area contributed by atoms with Crippen molar-refractivity contribution in [2.75, 3.05) is 5.32 Å². The summed E-state index contributed by atoms with van der Waals surface area (Å²) in [6, 6.07) is 21.4. The van der Waals surface area contributed by atoms with E-state index >= 15 is 0 Å². The van der Waals surface area contributed by atoms with Crippen molar-refractivity contribution in [3.8, 4) is 0 Å². The Morgan fingerprint density at radius 3 is 2.45 bits per heavy atom. The summed E-state index contributed by atoms with van der Waals surface area (Å²) in [5, 5.41) is 8.25.